The van der Waals surface area contributed by atoms with Gasteiger partial charge in [-0.15, -0.1) is 11.8 Å². The number of anilines is 2. The Morgan fingerprint density at radius 1 is 1.18 bits per heavy atom. The Kier molecular flexibility index (Phi) is 6.16. The molecule has 0 aromatic heterocycles. The van der Waals surface area contributed by atoms with Crippen molar-refractivity contribution in [3.63, 3.8) is 0 Å². The lowest BCUT2D eigenvalue weighted by Gasteiger charge is -2.13. The molecule has 22 heavy (non-hydrogen) atoms. The molecule has 0 saturated heterocycles. The number of halogens is 1. The minimum absolute atomic E-state index is 0.00429. The maximum Gasteiger partial charge on any atom is 0.234 e. The van der Waals surface area contributed by atoms with Crippen molar-refractivity contribution in [1.29, 1.82) is 0 Å². The van der Waals surface area contributed by atoms with Crippen LogP contribution < -0.4 is 10.2 Å². The molecule has 116 valence electrons. The number of carbonyl (C=O) groups excluding carboxylic acids is 1. The standard InChI is InChI=1S/C17H19ClN2OS/c1-20(2)16-8-6-15(7-9-16)19-17(21)12-22-11-13-4-3-5-14(18)10-13/h3-10H,11-12H2,1-2H3,(H,19,21). The Labute approximate surface area is 140 Å². The highest BCUT2D eigenvalue weighted by Crippen LogP contribution is 2.18. The van der Waals surface area contributed by atoms with Crippen LogP contribution in [0.1, 0.15) is 5.56 Å². The molecule has 2 aromatic carbocycles. The third-order valence-corrected chi connectivity index (χ3v) is 4.30. The predicted octanol–water partition coefficient (Wildman–Crippen LogP) is 4.28. The monoisotopic (exact) mass is 334 g/mol. The summed E-state index contributed by atoms with van der Waals surface area (Å²) in [5, 5.41) is 3.63. The van der Waals surface area contributed by atoms with Gasteiger partial charge >= 0.3 is 0 Å². The van der Waals surface area contributed by atoms with Crippen LogP contribution in [0.5, 0.6) is 0 Å². The van der Waals surface area contributed by atoms with Gasteiger partial charge in [-0.3, -0.25) is 4.79 Å². The van der Waals surface area contributed by atoms with Gasteiger partial charge in [0.1, 0.15) is 0 Å². The van der Waals surface area contributed by atoms with Crippen LogP contribution in [0.3, 0.4) is 0 Å². The number of carbonyl (C=O) groups is 1. The van der Waals surface area contributed by atoms with E-state index in [4.69, 9.17) is 11.6 Å². The average molecular weight is 335 g/mol. The van der Waals surface area contributed by atoms with Gasteiger partial charge in [0.25, 0.3) is 0 Å². The number of nitrogens with zero attached hydrogens (tertiary/aromatic N) is 1. The number of hydrogen-bond donors (Lipinski definition) is 1. The van der Waals surface area contributed by atoms with Gasteiger partial charge in [-0.25, -0.2) is 0 Å². The average Bonchev–Trinajstić information content (AvgIpc) is 2.48. The fraction of sp³-hybridized carbons (Fsp3) is 0.235. The number of amides is 1. The van der Waals surface area contributed by atoms with Crippen molar-refractivity contribution >= 4 is 40.6 Å². The molecule has 0 spiro atoms. The first-order valence-electron chi connectivity index (χ1n) is 6.94. The molecule has 0 bridgehead atoms. The molecule has 0 aliphatic carbocycles. The second-order valence-electron chi connectivity index (χ2n) is 5.11. The number of nitrogens with one attached hydrogen (secondary N) is 1. The van der Waals surface area contributed by atoms with E-state index in [-0.39, 0.29) is 5.91 Å². The van der Waals surface area contributed by atoms with E-state index in [1.54, 1.807) is 11.8 Å². The van der Waals surface area contributed by atoms with E-state index in [0.29, 0.717) is 5.75 Å². The lowest BCUT2D eigenvalue weighted by atomic mass is 10.2. The number of thioether (sulfide) groups is 1. The second-order valence-corrected chi connectivity index (χ2v) is 6.53. The molecule has 1 amide bonds. The fourth-order valence-electron chi connectivity index (χ4n) is 1.93. The van der Waals surface area contributed by atoms with Gasteiger partial charge in [0.15, 0.2) is 0 Å². The SMILES string of the molecule is CN(C)c1ccc(NC(=O)CSCc2cccc(Cl)c2)cc1. The summed E-state index contributed by atoms with van der Waals surface area (Å²) >= 11 is 7.51. The maximum absolute atomic E-state index is 11.9. The molecular weight excluding hydrogens is 316 g/mol. The summed E-state index contributed by atoms with van der Waals surface area (Å²) in [6, 6.07) is 15.5. The zero-order valence-electron chi connectivity index (χ0n) is 12.7. The maximum atomic E-state index is 11.9. The Hall–Kier alpha value is -1.65. The van der Waals surface area contributed by atoms with Crippen molar-refractivity contribution in [2.45, 2.75) is 5.75 Å². The van der Waals surface area contributed by atoms with Crippen LogP contribution >= 0.6 is 23.4 Å². The van der Waals surface area contributed by atoms with E-state index >= 15 is 0 Å². The second kappa shape index (κ2) is 8.11. The minimum atomic E-state index is 0.00429. The smallest absolute Gasteiger partial charge is 0.234 e. The van der Waals surface area contributed by atoms with Crippen LogP contribution in [0.2, 0.25) is 5.02 Å². The molecule has 2 rings (SSSR count). The van der Waals surface area contributed by atoms with Gasteiger partial charge in [-0.1, -0.05) is 23.7 Å². The summed E-state index contributed by atoms with van der Waals surface area (Å²) in [5.41, 5.74) is 3.05. The van der Waals surface area contributed by atoms with Crippen molar-refractivity contribution in [3.05, 3.63) is 59.1 Å². The Morgan fingerprint density at radius 3 is 2.55 bits per heavy atom. The van der Waals surface area contributed by atoms with Gasteiger partial charge in [-0.05, 0) is 42.0 Å². The van der Waals surface area contributed by atoms with Crippen molar-refractivity contribution in [1.82, 2.24) is 0 Å². The summed E-state index contributed by atoms with van der Waals surface area (Å²) in [6.07, 6.45) is 0. The Morgan fingerprint density at radius 2 is 1.91 bits per heavy atom. The van der Waals surface area contributed by atoms with E-state index in [1.807, 2.05) is 67.5 Å². The molecule has 0 heterocycles. The van der Waals surface area contributed by atoms with Gasteiger partial charge in [0, 0.05) is 36.2 Å². The summed E-state index contributed by atoms with van der Waals surface area (Å²) in [5.74, 6) is 1.19. The van der Waals surface area contributed by atoms with E-state index in [2.05, 4.69) is 5.32 Å². The van der Waals surface area contributed by atoms with Crippen LogP contribution in [0.25, 0.3) is 0 Å². The van der Waals surface area contributed by atoms with E-state index < -0.39 is 0 Å². The fourth-order valence-corrected chi connectivity index (χ4v) is 2.92. The third kappa shape index (κ3) is 5.28. The van der Waals surface area contributed by atoms with E-state index in [0.717, 1.165) is 27.7 Å². The lowest BCUT2D eigenvalue weighted by Crippen LogP contribution is -2.14. The minimum Gasteiger partial charge on any atom is -0.378 e. The molecule has 3 nitrogen and oxygen atoms in total. The Bertz CT molecular complexity index is 629. The molecule has 0 saturated carbocycles. The molecule has 0 atom stereocenters. The largest absolute Gasteiger partial charge is 0.378 e. The summed E-state index contributed by atoms with van der Waals surface area (Å²) in [6.45, 7) is 0. The summed E-state index contributed by atoms with van der Waals surface area (Å²) in [7, 11) is 3.97. The zero-order chi connectivity index (χ0) is 15.9. The zero-order valence-corrected chi connectivity index (χ0v) is 14.2. The highest BCUT2D eigenvalue weighted by Gasteiger charge is 2.04. The number of hydrogen-bond acceptors (Lipinski definition) is 3. The summed E-state index contributed by atoms with van der Waals surface area (Å²) in [4.78, 5) is 13.9. The Balaban J connectivity index is 1.78. The van der Waals surface area contributed by atoms with E-state index in [1.165, 1.54) is 0 Å². The predicted molar refractivity (Wildman–Crippen MR) is 97.0 cm³/mol. The van der Waals surface area contributed by atoms with Crippen molar-refractivity contribution in [2.24, 2.45) is 0 Å². The quantitative estimate of drug-likeness (QED) is 0.855. The molecule has 2 aromatic rings. The first-order valence-corrected chi connectivity index (χ1v) is 8.47. The summed E-state index contributed by atoms with van der Waals surface area (Å²) < 4.78 is 0. The molecular formula is C17H19ClN2OS. The van der Waals surface area contributed by atoms with Gasteiger partial charge in [0.2, 0.25) is 5.91 Å². The number of benzene rings is 2. The highest BCUT2D eigenvalue weighted by molar-refractivity contribution is 7.99. The molecule has 0 aliphatic heterocycles. The highest BCUT2D eigenvalue weighted by atomic mass is 35.5. The van der Waals surface area contributed by atoms with Crippen molar-refractivity contribution < 1.29 is 4.79 Å². The van der Waals surface area contributed by atoms with E-state index in [9.17, 15) is 4.79 Å². The van der Waals surface area contributed by atoms with Crippen LogP contribution in [-0.4, -0.2) is 25.8 Å². The lowest BCUT2D eigenvalue weighted by molar-refractivity contribution is -0.113. The van der Waals surface area contributed by atoms with Crippen LogP contribution in [0.4, 0.5) is 11.4 Å². The molecule has 0 fully saturated rings. The van der Waals surface area contributed by atoms with Gasteiger partial charge < -0.3 is 10.2 Å². The topological polar surface area (TPSA) is 32.3 Å². The molecule has 1 N–H and O–H groups in total. The van der Waals surface area contributed by atoms with Crippen molar-refractivity contribution in [3.8, 4) is 0 Å². The van der Waals surface area contributed by atoms with Crippen LogP contribution in [-0.2, 0) is 10.5 Å². The van der Waals surface area contributed by atoms with Crippen molar-refractivity contribution in [2.75, 3.05) is 30.1 Å². The molecule has 0 unspecified atom stereocenters. The van der Waals surface area contributed by atoms with Crippen LogP contribution in [0, 0.1) is 0 Å². The first-order chi connectivity index (χ1) is 10.5. The number of rotatable bonds is 6. The molecule has 0 radical (unpaired) electrons. The van der Waals surface area contributed by atoms with Gasteiger partial charge in [-0.2, -0.15) is 0 Å². The van der Waals surface area contributed by atoms with Gasteiger partial charge in [0.05, 0.1) is 5.75 Å². The van der Waals surface area contributed by atoms with Crippen LogP contribution in [0.15, 0.2) is 48.5 Å². The molecule has 0 aliphatic rings. The normalized spacial score (nSPS) is 10.3. The molecule has 5 heteroatoms. The first kappa shape index (κ1) is 16.7. The third-order valence-electron chi connectivity index (χ3n) is 3.06.